The van der Waals surface area contributed by atoms with Crippen LogP contribution in [0.5, 0.6) is 0 Å². The number of nitrogens with zero attached hydrogens (tertiary/aromatic N) is 1. The Hall–Kier alpha value is -2.95. The molecule has 1 aliphatic heterocycles. The highest BCUT2D eigenvalue weighted by Gasteiger charge is 2.28. The number of rotatable bonds is 3. The van der Waals surface area contributed by atoms with Crippen LogP contribution >= 0.6 is 0 Å². The molecule has 1 heterocycles. The Morgan fingerprint density at radius 1 is 1.20 bits per heavy atom. The summed E-state index contributed by atoms with van der Waals surface area (Å²) in [6.07, 6.45) is 3.66. The van der Waals surface area contributed by atoms with Gasteiger partial charge in [-0.2, -0.15) is 0 Å². The van der Waals surface area contributed by atoms with Crippen LogP contribution < -0.4 is 5.32 Å². The molecule has 0 saturated carbocycles. The Labute approximate surface area is 146 Å². The van der Waals surface area contributed by atoms with E-state index in [2.05, 4.69) is 5.32 Å². The summed E-state index contributed by atoms with van der Waals surface area (Å²) in [6.45, 7) is 3.13. The normalized spacial score (nSPS) is 15.6. The maximum Gasteiger partial charge on any atom is 0.226 e. The Bertz CT molecular complexity index is 861. The van der Waals surface area contributed by atoms with Crippen molar-refractivity contribution in [2.75, 3.05) is 5.32 Å². The highest BCUT2D eigenvalue weighted by Crippen LogP contribution is 2.33. The average Bonchev–Trinajstić information content (AvgIpc) is 2.58. The standard InChI is InChI=1S/C20H19FN2O2/c1-13-7-8-16(11-18(13)21)22-20(25)12-19-17-6-4-3-5-15(17)9-10-23(19)14(2)24/h3-11,19H,12H2,1-2H3,(H,22,25). The minimum absolute atomic E-state index is 0.0937. The zero-order chi connectivity index (χ0) is 18.0. The first-order valence-corrected chi connectivity index (χ1v) is 8.08. The van der Waals surface area contributed by atoms with Crippen molar-refractivity contribution < 1.29 is 14.0 Å². The molecule has 1 unspecified atom stereocenters. The number of nitrogens with one attached hydrogen (secondary N) is 1. The average molecular weight is 338 g/mol. The number of carbonyl (C=O) groups is 2. The fourth-order valence-electron chi connectivity index (χ4n) is 2.97. The topological polar surface area (TPSA) is 49.4 Å². The smallest absolute Gasteiger partial charge is 0.226 e. The van der Waals surface area contributed by atoms with Gasteiger partial charge >= 0.3 is 0 Å². The van der Waals surface area contributed by atoms with Gasteiger partial charge in [-0.25, -0.2) is 4.39 Å². The molecule has 0 aliphatic carbocycles. The number of amides is 2. The summed E-state index contributed by atoms with van der Waals surface area (Å²) in [5.41, 5.74) is 2.83. The third-order valence-electron chi connectivity index (χ3n) is 4.30. The van der Waals surface area contributed by atoms with Crippen molar-refractivity contribution >= 4 is 23.6 Å². The van der Waals surface area contributed by atoms with E-state index in [4.69, 9.17) is 0 Å². The number of aryl methyl sites for hydroxylation is 1. The van der Waals surface area contributed by atoms with E-state index >= 15 is 0 Å². The molecular weight excluding hydrogens is 319 g/mol. The van der Waals surface area contributed by atoms with Crippen LogP contribution in [-0.4, -0.2) is 16.7 Å². The van der Waals surface area contributed by atoms with Gasteiger partial charge in [0.1, 0.15) is 5.82 Å². The molecule has 128 valence electrons. The highest BCUT2D eigenvalue weighted by molar-refractivity contribution is 5.92. The summed E-state index contributed by atoms with van der Waals surface area (Å²) in [5.74, 6) is -0.774. The molecule has 0 spiro atoms. The molecule has 5 heteroatoms. The third kappa shape index (κ3) is 3.60. The maximum atomic E-state index is 13.6. The van der Waals surface area contributed by atoms with E-state index in [1.165, 1.54) is 13.0 Å². The second-order valence-electron chi connectivity index (χ2n) is 6.10. The largest absolute Gasteiger partial charge is 0.326 e. The lowest BCUT2D eigenvalue weighted by molar-refractivity contribution is -0.129. The SMILES string of the molecule is CC(=O)N1C=Cc2ccccc2C1CC(=O)Nc1ccc(C)c(F)c1. The molecule has 1 atom stereocenters. The predicted molar refractivity (Wildman–Crippen MR) is 95.1 cm³/mol. The number of fused-ring (bicyclic) bond motifs is 1. The van der Waals surface area contributed by atoms with Gasteiger partial charge in [-0.15, -0.1) is 0 Å². The Morgan fingerprint density at radius 2 is 1.96 bits per heavy atom. The number of halogens is 1. The fourth-order valence-corrected chi connectivity index (χ4v) is 2.97. The summed E-state index contributed by atoms with van der Waals surface area (Å²) in [5, 5.41) is 2.71. The van der Waals surface area contributed by atoms with Gasteiger partial charge in [-0.1, -0.05) is 30.3 Å². The summed E-state index contributed by atoms with van der Waals surface area (Å²) in [6, 6.07) is 11.9. The van der Waals surface area contributed by atoms with Crippen LogP contribution in [0.3, 0.4) is 0 Å². The molecular formula is C20H19FN2O2. The molecule has 0 aromatic heterocycles. The van der Waals surface area contributed by atoms with Crippen molar-refractivity contribution in [1.29, 1.82) is 0 Å². The minimum atomic E-state index is -0.381. The van der Waals surface area contributed by atoms with Gasteiger partial charge in [-0.3, -0.25) is 9.59 Å². The van der Waals surface area contributed by atoms with Crippen molar-refractivity contribution in [3.05, 3.63) is 71.2 Å². The molecule has 3 rings (SSSR count). The summed E-state index contributed by atoms with van der Waals surface area (Å²) in [7, 11) is 0. The van der Waals surface area contributed by atoms with Crippen LogP contribution in [0.2, 0.25) is 0 Å². The molecule has 0 saturated heterocycles. The van der Waals surface area contributed by atoms with Crippen LogP contribution in [0.4, 0.5) is 10.1 Å². The number of carbonyl (C=O) groups excluding carboxylic acids is 2. The number of anilines is 1. The number of hydrogen-bond donors (Lipinski definition) is 1. The monoisotopic (exact) mass is 338 g/mol. The van der Waals surface area contributed by atoms with Crippen molar-refractivity contribution in [3.63, 3.8) is 0 Å². The molecule has 1 aliphatic rings. The van der Waals surface area contributed by atoms with Crippen molar-refractivity contribution in [2.24, 2.45) is 0 Å². The molecule has 2 aromatic rings. The van der Waals surface area contributed by atoms with Crippen molar-refractivity contribution in [3.8, 4) is 0 Å². The molecule has 2 amide bonds. The molecule has 25 heavy (non-hydrogen) atoms. The first-order chi connectivity index (χ1) is 12.0. The molecule has 0 fully saturated rings. The first-order valence-electron chi connectivity index (χ1n) is 8.08. The second kappa shape index (κ2) is 6.89. The number of hydrogen-bond acceptors (Lipinski definition) is 2. The van der Waals surface area contributed by atoms with Crippen LogP contribution in [-0.2, 0) is 9.59 Å². The fraction of sp³-hybridized carbons (Fsp3) is 0.200. The van der Waals surface area contributed by atoms with Gasteiger partial charge in [0.15, 0.2) is 0 Å². The van der Waals surface area contributed by atoms with Crippen molar-refractivity contribution in [1.82, 2.24) is 4.90 Å². The van der Waals surface area contributed by atoms with Gasteiger partial charge < -0.3 is 10.2 Å². The Balaban J connectivity index is 1.81. The van der Waals surface area contributed by atoms with Gasteiger partial charge in [0, 0.05) is 18.8 Å². The lowest BCUT2D eigenvalue weighted by Gasteiger charge is -2.32. The van der Waals surface area contributed by atoms with E-state index in [1.807, 2.05) is 30.3 Å². The minimum Gasteiger partial charge on any atom is -0.326 e. The lowest BCUT2D eigenvalue weighted by Crippen LogP contribution is -2.33. The quantitative estimate of drug-likeness (QED) is 0.918. The predicted octanol–water partition coefficient (Wildman–Crippen LogP) is 4.04. The van der Waals surface area contributed by atoms with E-state index in [1.54, 1.807) is 30.2 Å². The van der Waals surface area contributed by atoms with Crippen molar-refractivity contribution in [2.45, 2.75) is 26.3 Å². The lowest BCUT2D eigenvalue weighted by atomic mass is 9.93. The second-order valence-corrected chi connectivity index (χ2v) is 6.10. The van der Waals surface area contributed by atoms with Crippen LogP contribution in [0.1, 0.15) is 36.1 Å². The molecule has 1 N–H and O–H groups in total. The van der Waals surface area contributed by atoms with Crippen LogP contribution in [0.15, 0.2) is 48.7 Å². The Morgan fingerprint density at radius 3 is 2.68 bits per heavy atom. The zero-order valence-electron chi connectivity index (χ0n) is 14.1. The Kier molecular flexibility index (Phi) is 4.65. The van der Waals surface area contributed by atoms with E-state index in [9.17, 15) is 14.0 Å². The van der Waals surface area contributed by atoms with E-state index in [0.717, 1.165) is 11.1 Å². The van der Waals surface area contributed by atoms with Crippen LogP contribution in [0, 0.1) is 12.7 Å². The maximum absolute atomic E-state index is 13.6. The summed E-state index contributed by atoms with van der Waals surface area (Å²) >= 11 is 0. The summed E-state index contributed by atoms with van der Waals surface area (Å²) < 4.78 is 13.6. The third-order valence-corrected chi connectivity index (χ3v) is 4.30. The van der Waals surface area contributed by atoms with Gasteiger partial charge in [-0.05, 0) is 41.8 Å². The highest BCUT2D eigenvalue weighted by atomic mass is 19.1. The van der Waals surface area contributed by atoms with E-state index in [0.29, 0.717) is 11.3 Å². The van der Waals surface area contributed by atoms with Crippen LogP contribution in [0.25, 0.3) is 6.08 Å². The van der Waals surface area contributed by atoms with E-state index in [-0.39, 0.29) is 30.1 Å². The molecule has 0 bridgehead atoms. The summed E-state index contributed by atoms with van der Waals surface area (Å²) in [4.78, 5) is 25.9. The van der Waals surface area contributed by atoms with Gasteiger partial charge in [0.05, 0.1) is 12.5 Å². The number of benzene rings is 2. The van der Waals surface area contributed by atoms with Gasteiger partial charge in [0.25, 0.3) is 0 Å². The zero-order valence-corrected chi connectivity index (χ0v) is 14.1. The van der Waals surface area contributed by atoms with E-state index < -0.39 is 0 Å². The molecule has 0 radical (unpaired) electrons. The molecule has 4 nitrogen and oxygen atoms in total. The first kappa shape index (κ1) is 16.9. The molecule has 2 aromatic carbocycles. The van der Waals surface area contributed by atoms with Gasteiger partial charge in [0.2, 0.25) is 11.8 Å².